The zero-order valence-corrected chi connectivity index (χ0v) is 18.1. The van der Waals surface area contributed by atoms with E-state index in [9.17, 15) is 14.9 Å². The normalized spacial score (nSPS) is 11.2. The number of nitrogens with one attached hydrogen (secondary N) is 1. The number of para-hydroxylation sites is 1. The van der Waals surface area contributed by atoms with Crippen LogP contribution < -0.4 is 5.43 Å². The number of nitriles is 1. The van der Waals surface area contributed by atoms with Gasteiger partial charge >= 0.3 is 11.9 Å². The summed E-state index contributed by atoms with van der Waals surface area (Å²) in [6.07, 6.45) is 0. The van der Waals surface area contributed by atoms with Crippen LogP contribution in [-0.2, 0) is 9.47 Å². The van der Waals surface area contributed by atoms with Gasteiger partial charge in [-0.2, -0.15) is 10.4 Å². The average molecular weight is 443 g/mol. The first-order valence-electron chi connectivity index (χ1n) is 9.07. The molecule has 3 rings (SSSR count). The second-order valence-corrected chi connectivity index (χ2v) is 7.92. The van der Waals surface area contributed by atoms with Crippen LogP contribution in [0.25, 0.3) is 10.2 Å². The molecule has 1 N–H and O–H groups in total. The van der Waals surface area contributed by atoms with Gasteiger partial charge < -0.3 is 9.47 Å². The summed E-state index contributed by atoms with van der Waals surface area (Å²) >= 11 is 2.36. The summed E-state index contributed by atoms with van der Waals surface area (Å²) in [6.45, 7) is 5.43. The van der Waals surface area contributed by atoms with Crippen LogP contribution in [0.15, 0.2) is 29.4 Å². The Morgan fingerprint density at radius 2 is 1.87 bits per heavy atom. The highest BCUT2D eigenvalue weighted by molar-refractivity contribution is 7.20. The van der Waals surface area contributed by atoms with Crippen molar-refractivity contribution in [3.05, 3.63) is 45.3 Å². The Balaban J connectivity index is 1.99. The van der Waals surface area contributed by atoms with Crippen LogP contribution in [0.3, 0.4) is 0 Å². The molecular formula is C20H18N4O4S2. The van der Waals surface area contributed by atoms with Crippen LogP contribution in [0.1, 0.15) is 44.4 Å². The number of aromatic nitrogens is 1. The molecule has 154 valence electrons. The highest BCUT2D eigenvalue weighted by Crippen LogP contribution is 2.34. The van der Waals surface area contributed by atoms with Crippen LogP contribution in [0.2, 0.25) is 0 Å². The van der Waals surface area contributed by atoms with E-state index in [1.807, 2.05) is 30.3 Å². The molecule has 0 aliphatic heterocycles. The fourth-order valence-electron chi connectivity index (χ4n) is 2.63. The molecule has 10 heteroatoms. The number of ether oxygens (including phenoxy) is 2. The lowest BCUT2D eigenvalue weighted by Crippen LogP contribution is -2.09. The third kappa shape index (κ3) is 4.32. The Hall–Kier alpha value is -3.29. The van der Waals surface area contributed by atoms with Crippen molar-refractivity contribution in [2.75, 3.05) is 18.6 Å². The number of hydrogen-bond acceptors (Lipinski definition) is 10. The number of carbonyl (C=O) groups excluding carboxylic acids is 2. The lowest BCUT2D eigenvalue weighted by Gasteiger charge is -2.05. The van der Waals surface area contributed by atoms with Gasteiger partial charge in [0.25, 0.3) is 0 Å². The SMILES string of the molecule is CCOC(=O)c1sc(NN=C(C#N)c2nc3ccccc3s2)c(C(=O)OCC)c1C. The van der Waals surface area contributed by atoms with Crippen molar-refractivity contribution in [2.45, 2.75) is 20.8 Å². The zero-order valence-electron chi connectivity index (χ0n) is 16.5. The largest absolute Gasteiger partial charge is 0.462 e. The number of fused-ring (bicyclic) bond motifs is 1. The Morgan fingerprint density at radius 3 is 2.53 bits per heavy atom. The van der Waals surface area contributed by atoms with Crippen molar-refractivity contribution in [3.8, 4) is 6.07 Å². The smallest absolute Gasteiger partial charge is 0.348 e. The summed E-state index contributed by atoms with van der Waals surface area (Å²) in [5.74, 6) is -1.12. The third-order valence-corrected chi connectivity index (χ3v) is 6.18. The maximum Gasteiger partial charge on any atom is 0.348 e. The van der Waals surface area contributed by atoms with E-state index in [0.29, 0.717) is 15.6 Å². The van der Waals surface area contributed by atoms with Gasteiger partial charge in [0.15, 0.2) is 10.7 Å². The predicted molar refractivity (Wildman–Crippen MR) is 116 cm³/mol. The number of thiazole rings is 1. The maximum absolute atomic E-state index is 12.5. The van der Waals surface area contributed by atoms with Crippen molar-refractivity contribution in [1.82, 2.24) is 4.98 Å². The highest BCUT2D eigenvalue weighted by Gasteiger charge is 2.26. The minimum absolute atomic E-state index is 0.0646. The van der Waals surface area contributed by atoms with Crippen molar-refractivity contribution in [3.63, 3.8) is 0 Å². The first-order chi connectivity index (χ1) is 14.5. The van der Waals surface area contributed by atoms with Crippen molar-refractivity contribution in [1.29, 1.82) is 5.26 Å². The molecule has 0 bridgehead atoms. The summed E-state index contributed by atoms with van der Waals surface area (Å²) in [5.41, 5.74) is 4.21. The van der Waals surface area contributed by atoms with E-state index in [2.05, 4.69) is 15.5 Å². The van der Waals surface area contributed by atoms with Crippen LogP contribution in [0.5, 0.6) is 0 Å². The number of carbonyl (C=O) groups is 2. The number of rotatable bonds is 7. The zero-order chi connectivity index (χ0) is 21.7. The minimum atomic E-state index is -0.585. The van der Waals surface area contributed by atoms with Gasteiger partial charge in [-0.3, -0.25) is 5.43 Å². The first kappa shape index (κ1) is 21.4. The summed E-state index contributed by atoms with van der Waals surface area (Å²) in [6, 6.07) is 9.54. The van der Waals surface area contributed by atoms with E-state index in [1.165, 1.54) is 11.3 Å². The van der Waals surface area contributed by atoms with Gasteiger partial charge in [-0.15, -0.1) is 22.7 Å². The van der Waals surface area contributed by atoms with Gasteiger partial charge in [-0.05, 0) is 38.5 Å². The van der Waals surface area contributed by atoms with E-state index in [4.69, 9.17) is 9.47 Å². The number of nitrogens with zero attached hydrogens (tertiary/aromatic N) is 3. The molecule has 3 aromatic rings. The lowest BCUT2D eigenvalue weighted by atomic mass is 10.1. The maximum atomic E-state index is 12.5. The molecule has 0 unspecified atom stereocenters. The molecule has 2 aromatic heterocycles. The van der Waals surface area contributed by atoms with E-state index in [-0.39, 0.29) is 29.4 Å². The molecule has 0 spiro atoms. The molecule has 0 amide bonds. The summed E-state index contributed by atoms with van der Waals surface area (Å²) in [5, 5.41) is 14.4. The molecule has 0 saturated carbocycles. The van der Waals surface area contributed by atoms with Crippen LogP contribution in [0.4, 0.5) is 5.00 Å². The molecule has 0 aliphatic carbocycles. The molecule has 1 aromatic carbocycles. The van der Waals surface area contributed by atoms with Gasteiger partial charge in [-0.1, -0.05) is 12.1 Å². The van der Waals surface area contributed by atoms with Gasteiger partial charge in [0.1, 0.15) is 15.9 Å². The molecule has 0 aliphatic rings. The fourth-order valence-corrected chi connectivity index (χ4v) is 4.57. The van der Waals surface area contributed by atoms with Crippen molar-refractivity contribution in [2.24, 2.45) is 5.10 Å². The monoisotopic (exact) mass is 442 g/mol. The number of anilines is 1. The Kier molecular flexibility index (Phi) is 6.76. The second kappa shape index (κ2) is 9.47. The van der Waals surface area contributed by atoms with E-state index in [0.717, 1.165) is 21.6 Å². The number of hydrazone groups is 1. The average Bonchev–Trinajstić information content (AvgIpc) is 3.30. The lowest BCUT2D eigenvalue weighted by molar-refractivity contribution is 0.0527. The van der Waals surface area contributed by atoms with Crippen LogP contribution in [0, 0.1) is 18.3 Å². The molecule has 0 saturated heterocycles. The van der Waals surface area contributed by atoms with E-state index < -0.39 is 11.9 Å². The van der Waals surface area contributed by atoms with E-state index >= 15 is 0 Å². The van der Waals surface area contributed by atoms with Crippen LogP contribution in [-0.4, -0.2) is 35.8 Å². The van der Waals surface area contributed by atoms with Crippen molar-refractivity contribution >= 4 is 55.5 Å². The molecule has 0 atom stereocenters. The van der Waals surface area contributed by atoms with Crippen molar-refractivity contribution < 1.29 is 19.1 Å². The highest BCUT2D eigenvalue weighted by atomic mass is 32.1. The third-order valence-electron chi connectivity index (χ3n) is 3.96. The Morgan fingerprint density at radius 1 is 1.17 bits per heavy atom. The molecule has 0 radical (unpaired) electrons. The van der Waals surface area contributed by atoms with Crippen LogP contribution >= 0.6 is 22.7 Å². The standard InChI is InChI=1S/C20H18N4O4S2/c1-4-27-19(25)15-11(3)16(20(26)28-5-2)30-18(15)24-23-13(10-21)17-22-12-8-6-7-9-14(12)29-17/h6-9,24H,4-5H2,1-3H3. The minimum Gasteiger partial charge on any atom is -0.462 e. The van der Waals surface area contributed by atoms with Gasteiger partial charge in [-0.25, -0.2) is 14.6 Å². The van der Waals surface area contributed by atoms with Gasteiger partial charge in [0.2, 0.25) is 0 Å². The number of benzene rings is 1. The quantitative estimate of drug-likeness (QED) is 0.328. The number of thiophene rings is 1. The Bertz CT molecular complexity index is 1140. The number of hydrogen-bond donors (Lipinski definition) is 1. The molecule has 2 heterocycles. The molecule has 0 fully saturated rings. The first-order valence-corrected chi connectivity index (χ1v) is 10.7. The topological polar surface area (TPSA) is 114 Å². The van der Waals surface area contributed by atoms with Gasteiger partial charge in [0, 0.05) is 0 Å². The summed E-state index contributed by atoms with van der Waals surface area (Å²) in [4.78, 5) is 29.4. The predicted octanol–water partition coefficient (Wildman–Crippen LogP) is 4.36. The Labute approximate surface area is 180 Å². The van der Waals surface area contributed by atoms with E-state index in [1.54, 1.807) is 20.8 Å². The second-order valence-electron chi connectivity index (χ2n) is 5.87. The summed E-state index contributed by atoms with van der Waals surface area (Å²) in [7, 11) is 0. The van der Waals surface area contributed by atoms with Gasteiger partial charge in [0.05, 0.1) is 29.0 Å². The molecular weight excluding hydrogens is 424 g/mol. The fraction of sp³-hybridized carbons (Fsp3) is 0.250. The molecule has 8 nitrogen and oxygen atoms in total. The number of esters is 2. The molecule has 30 heavy (non-hydrogen) atoms. The summed E-state index contributed by atoms with van der Waals surface area (Å²) < 4.78 is 11.1.